The van der Waals surface area contributed by atoms with Crippen molar-refractivity contribution in [1.29, 1.82) is 0 Å². The molecule has 1 aromatic carbocycles. The van der Waals surface area contributed by atoms with Gasteiger partial charge in [-0.05, 0) is 43.9 Å². The van der Waals surface area contributed by atoms with Crippen molar-refractivity contribution in [2.24, 2.45) is 0 Å². The summed E-state index contributed by atoms with van der Waals surface area (Å²) < 4.78 is 10.8. The summed E-state index contributed by atoms with van der Waals surface area (Å²) in [5.74, 6) is 1.89. The summed E-state index contributed by atoms with van der Waals surface area (Å²) in [5, 5.41) is 4.20. The van der Waals surface area contributed by atoms with Gasteiger partial charge in [-0.2, -0.15) is 0 Å². The molecule has 134 valence electrons. The van der Waals surface area contributed by atoms with E-state index in [4.69, 9.17) is 9.26 Å². The van der Waals surface area contributed by atoms with Gasteiger partial charge in [-0.3, -0.25) is 4.79 Å². The van der Waals surface area contributed by atoms with E-state index >= 15 is 0 Å². The predicted molar refractivity (Wildman–Crippen MR) is 95.5 cm³/mol. The number of likely N-dealkylation sites (tertiary alicyclic amines) is 1. The van der Waals surface area contributed by atoms with Gasteiger partial charge in [0, 0.05) is 19.0 Å². The van der Waals surface area contributed by atoms with E-state index in [1.54, 1.807) is 0 Å². The minimum absolute atomic E-state index is 0.0459. The highest BCUT2D eigenvalue weighted by atomic mass is 16.5. The molecular weight excluding hydrogens is 316 g/mol. The van der Waals surface area contributed by atoms with Gasteiger partial charge >= 0.3 is 0 Å². The molecule has 5 heteroatoms. The van der Waals surface area contributed by atoms with Crippen molar-refractivity contribution in [3.63, 3.8) is 0 Å². The summed E-state index contributed by atoms with van der Waals surface area (Å²) in [6.07, 6.45) is 4.28. The molecule has 0 spiro atoms. The third-order valence-corrected chi connectivity index (χ3v) is 4.58. The molecule has 0 unspecified atom stereocenters. The average Bonchev–Trinajstić information content (AvgIpc) is 3.26. The highest BCUT2D eigenvalue weighted by molar-refractivity contribution is 5.79. The molecule has 0 radical (unpaired) electrons. The Bertz CT molecular complexity index is 693. The number of benzene rings is 1. The summed E-state index contributed by atoms with van der Waals surface area (Å²) in [5.41, 5.74) is 1.90. The molecule has 0 saturated carbocycles. The van der Waals surface area contributed by atoms with Gasteiger partial charge in [0.25, 0.3) is 0 Å². The van der Waals surface area contributed by atoms with Crippen LogP contribution in [0, 0.1) is 0 Å². The zero-order valence-corrected chi connectivity index (χ0v) is 15.0. The molecule has 2 aromatic rings. The third-order valence-electron chi connectivity index (χ3n) is 4.58. The molecule has 5 nitrogen and oxygen atoms in total. The lowest BCUT2D eigenvalue weighted by atomic mass is 10.1. The fraction of sp³-hybridized carbons (Fsp3) is 0.500. The quantitative estimate of drug-likeness (QED) is 0.765. The maximum Gasteiger partial charge on any atom is 0.227 e. The van der Waals surface area contributed by atoms with Gasteiger partial charge in [0.15, 0.2) is 0 Å². The van der Waals surface area contributed by atoms with Crippen LogP contribution in [0.5, 0.6) is 5.75 Å². The first-order valence-corrected chi connectivity index (χ1v) is 9.18. The molecule has 2 heterocycles. The average molecular weight is 342 g/mol. The number of rotatable bonds is 7. The molecule has 3 rings (SSSR count). The summed E-state index contributed by atoms with van der Waals surface area (Å²) in [6, 6.07) is 9.82. The number of carbonyl (C=O) groups excluding carboxylic acids is 1. The zero-order valence-electron chi connectivity index (χ0n) is 15.0. The predicted octanol–water partition coefficient (Wildman–Crippen LogP) is 3.93. The minimum atomic E-state index is 0.0459. The van der Waals surface area contributed by atoms with Crippen molar-refractivity contribution in [2.45, 2.75) is 52.0 Å². The lowest BCUT2D eigenvalue weighted by Crippen LogP contribution is -2.32. The van der Waals surface area contributed by atoms with Crippen molar-refractivity contribution in [3.05, 3.63) is 47.3 Å². The Morgan fingerprint density at radius 1 is 1.32 bits per heavy atom. The summed E-state index contributed by atoms with van der Waals surface area (Å²) in [7, 11) is 0. The van der Waals surface area contributed by atoms with Gasteiger partial charge in [-0.1, -0.05) is 24.2 Å². The fourth-order valence-electron chi connectivity index (χ4n) is 3.37. The van der Waals surface area contributed by atoms with Crippen LogP contribution in [0.25, 0.3) is 0 Å². The maximum atomic E-state index is 12.8. The number of carbonyl (C=O) groups is 1. The summed E-state index contributed by atoms with van der Waals surface area (Å²) in [4.78, 5) is 14.7. The van der Waals surface area contributed by atoms with Crippen molar-refractivity contribution < 1.29 is 14.1 Å². The molecular formula is C20H26N2O3. The highest BCUT2D eigenvalue weighted by Gasteiger charge is 2.32. The molecule has 1 atom stereocenters. The Morgan fingerprint density at radius 2 is 2.12 bits per heavy atom. The van der Waals surface area contributed by atoms with E-state index in [0.29, 0.717) is 13.0 Å². The monoisotopic (exact) mass is 342 g/mol. The highest BCUT2D eigenvalue weighted by Crippen LogP contribution is 2.32. The van der Waals surface area contributed by atoms with Crippen molar-refractivity contribution in [2.75, 3.05) is 13.2 Å². The Morgan fingerprint density at radius 3 is 2.84 bits per heavy atom. The molecule has 1 aromatic heterocycles. The number of aromatic nitrogens is 1. The van der Waals surface area contributed by atoms with Crippen LogP contribution in [0.15, 0.2) is 34.9 Å². The van der Waals surface area contributed by atoms with Gasteiger partial charge in [0.2, 0.25) is 5.91 Å². The normalized spacial score (nSPS) is 17.0. The number of amides is 1. The van der Waals surface area contributed by atoms with E-state index in [-0.39, 0.29) is 11.9 Å². The van der Waals surface area contributed by atoms with Crippen LogP contribution in [0.1, 0.15) is 56.2 Å². The zero-order chi connectivity index (χ0) is 17.6. The first-order valence-electron chi connectivity index (χ1n) is 9.18. The molecule has 1 aliphatic rings. The second-order valence-corrected chi connectivity index (χ2v) is 6.47. The first kappa shape index (κ1) is 17.5. The van der Waals surface area contributed by atoms with E-state index in [2.05, 4.69) is 12.1 Å². The molecule has 1 aliphatic heterocycles. The van der Waals surface area contributed by atoms with E-state index in [1.807, 2.05) is 42.2 Å². The molecule has 0 aliphatic carbocycles. The number of ether oxygens (including phenoxy) is 1. The second kappa shape index (κ2) is 8.19. The molecule has 0 N–H and O–H groups in total. The standard InChI is InChI=1S/C20H26N2O3/c1-3-6-17-14-18(21-25-17)19-7-5-12-22(19)20(23)13-15-8-10-16(11-9-15)24-4-2/h8-11,14,19H,3-7,12-13H2,1-2H3/t19-/m0/s1. The lowest BCUT2D eigenvalue weighted by molar-refractivity contribution is -0.131. The number of hydrogen-bond acceptors (Lipinski definition) is 4. The Labute approximate surface area is 148 Å². The summed E-state index contributed by atoms with van der Waals surface area (Å²) in [6.45, 7) is 5.51. The minimum Gasteiger partial charge on any atom is -0.494 e. The summed E-state index contributed by atoms with van der Waals surface area (Å²) >= 11 is 0. The molecule has 0 bridgehead atoms. The van der Waals surface area contributed by atoms with Crippen LogP contribution in [0.2, 0.25) is 0 Å². The van der Waals surface area contributed by atoms with E-state index in [1.165, 1.54) is 0 Å². The first-order chi connectivity index (χ1) is 12.2. The Balaban J connectivity index is 1.65. The van der Waals surface area contributed by atoms with Gasteiger partial charge in [-0.25, -0.2) is 0 Å². The van der Waals surface area contributed by atoms with Crippen LogP contribution in [0.3, 0.4) is 0 Å². The van der Waals surface area contributed by atoms with Gasteiger partial charge in [-0.15, -0.1) is 0 Å². The van der Waals surface area contributed by atoms with Gasteiger partial charge in [0.1, 0.15) is 17.2 Å². The smallest absolute Gasteiger partial charge is 0.227 e. The van der Waals surface area contributed by atoms with Crippen molar-refractivity contribution in [1.82, 2.24) is 10.1 Å². The van der Waals surface area contributed by atoms with Crippen LogP contribution in [-0.2, 0) is 17.6 Å². The molecule has 1 saturated heterocycles. The Kier molecular flexibility index (Phi) is 5.74. The molecule has 1 fully saturated rings. The van der Waals surface area contributed by atoms with Crippen LogP contribution >= 0.6 is 0 Å². The Hall–Kier alpha value is -2.30. The molecule has 25 heavy (non-hydrogen) atoms. The lowest BCUT2D eigenvalue weighted by Gasteiger charge is -2.23. The van der Waals surface area contributed by atoms with Crippen LogP contribution in [0.4, 0.5) is 0 Å². The molecule has 1 amide bonds. The van der Waals surface area contributed by atoms with Crippen LogP contribution in [-0.4, -0.2) is 29.1 Å². The van der Waals surface area contributed by atoms with Crippen molar-refractivity contribution >= 4 is 5.91 Å². The number of aryl methyl sites for hydroxylation is 1. The van der Waals surface area contributed by atoms with Crippen LogP contribution < -0.4 is 4.74 Å². The second-order valence-electron chi connectivity index (χ2n) is 6.47. The number of hydrogen-bond donors (Lipinski definition) is 0. The van der Waals surface area contributed by atoms with Crippen molar-refractivity contribution in [3.8, 4) is 5.75 Å². The third kappa shape index (κ3) is 4.21. The largest absolute Gasteiger partial charge is 0.494 e. The SMILES string of the molecule is CCCc1cc([C@@H]2CCCN2C(=O)Cc2ccc(OCC)cc2)no1. The number of nitrogens with zero attached hydrogens (tertiary/aromatic N) is 2. The fourth-order valence-corrected chi connectivity index (χ4v) is 3.37. The van der Waals surface area contributed by atoms with Gasteiger partial charge in [0.05, 0.1) is 19.1 Å². The topological polar surface area (TPSA) is 55.6 Å². The van der Waals surface area contributed by atoms with E-state index in [9.17, 15) is 4.79 Å². The van der Waals surface area contributed by atoms with E-state index in [0.717, 1.165) is 55.0 Å². The van der Waals surface area contributed by atoms with E-state index < -0.39 is 0 Å². The maximum absolute atomic E-state index is 12.8. The van der Waals surface area contributed by atoms with Gasteiger partial charge < -0.3 is 14.2 Å².